The molecule has 1 fully saturated rings. The van der Waals surface area contributed by atoms with Crippen molar-refractivity contribution in [3.8, 4) is 0 Å². The van der Waals surface area contributed by atoms with Crippen LogP contribution < -0.4 is 21.2 Å². The van der Waals surface area contributed by atoms with Gasteiger partial charge in [-0.25, -0.2) is 0 Å². The molecule has 1 aliphatic rings. The molecule has 0 bridgehead atoms. The van der Waals surface area contributed by atoms with Crippen LogP contribution in [-0.4, -0.2) is 42.5 Å². The van der Waals surface area contributed by atoms with Gasteiger partial charge in [-0.05, 0) is 0 Å². The van der Waals surface area contributed by atoms with Gasteiger partial charge in [0.25, 0.3) is 0 Å². The zero-order chi connectivity index (χ0) is 23.1. The molecule has 1 N–H and O–H groups in total. The fraction of sp³-hybridized carbons (Fsp3) is 0.286. The predicted molar refractivity (Wildman–Crippen MR) is 139 cm³/mol. The Morgan fingerprint density at radius 3 is 1.61 bits per heavy atom. The van der Waals surface area contributed by atoms with E-state index in [0.29, 0.717) is 19.6 Å². The van der Waals surface area contributed by atoms with Gasteiger partial charge in [-0.2, -0.15) is 0 Å². The third kappa shape index (κ3) is 5.17. The number of hydrogen-bond acceptors (Lipinski definition) is 2. The molecule has 0 unspecified atom stereocenters. The summed E-state index contributed by atoms with van der Waals surface area (Å²) in [6.07, 6.45) is 2.37. The van der Waals surface area contributed by atoms with Crippen LogP contribution in [0.1, 0.15) is 19.8 Å². The van der Waals surface area contributed by atoms with Gasteiger partial charge in [-0.1, -0.05) is 0 Å². The molecule has 172 valence electrons. The summed E-state index contributed by atoms with van der Waals surface area (Å²) in [6, 6.07) is 32.3. The Hall–Kier alpha value is -2.97. The first kappa shape index (κ1) is 23.2. The summed E-state index contributed by atoms with van der Waals surface area (Å²) in [5.74, 6) is 0.204. The number of nitrogens with one attached hydrogen (secondary N) is 1. The first-order valence-electron chi connectivity index (χ1n) is 11.8. The van der Waals surface area contributed by atoms with Crippen molar-refractivity contribution in [2.75, 3.05) is 25.8 Å². The molecule has 5 heteroatoms. The van der Waals surface area contributed by atoms with Gasteiger partial charge < -0.3 is 0 Å². The number of benzene rings is 3. The summed E-state index contributed by atoms with van der Waals surface area (Å²) in [7, 11) is -2.33. The van der Waals surface area contributed by atoms with E-state index in [2.05, 4.69) is 96.3 Å². The molecule has 0 saturated carbocycles. The Bertz CT molecular complexity index is 952. The molecule has 4 rings (SSSR count). The summed E-state index contributed by atoms with van der Waals surface area (Å²) >= 11 is 0. The maximum atomic E-state index is 13.0. The van der Waals surface area contributed by atoms with Crippen molar-refractivity contribution < 1.29 is 9.59 Å². The number of likely N-dealkylation sites (tertiary alicyclic amines) is 1. The van der Waals surface area contributed by atoms with Crippen LogP contribution in [0.5, 0.6) is 0 Å². The fourth-order valence-electron chi connectivity index (χ4n) is 5.08. The van der Waals surface area contributed by atoms with E-state index in [-0.39, 0.29) is 17.7 Å². The third-order valence-corrected chi connectivity index (χ3v) is 11.9. The number of rotatable bonds is 7. The quantitative estimate of drug-likeness (QED) is 0.551. The van der Waals surface area contributed by atoms with Crippen LogP contribution in [0.2, 0.25) is 0 Å². The van der Waals surface area contributed by atoms with Gasteiger partial charge in [0.05, 0.1) is 0 Å². The van der Waals surface area contributed by atoms with Gasteiger partial charge in [0.1, 0.15) is 0 Å². The Balaban J connectivity index is 1.57. The SMILES string of the molecule is CC(=O)N1CCC(C(=O)NCC[PH](c2ccccc2)(c2ccccc2)c2ccccc2)CC1. The Morgan fingerprint density at radius 2 is 1.21 bits per heavy atom. The molecule has 0 atom stereocenters. The van der Waals surface area contributed by atoms with Crippen molar-refractivity contribution >= 4 is 35.0 Å². The van der Waals surface area contributed by atoms with Crippen LogP contribution in [0.4, 0.5) is 0 Å². The summed E-state index contributed by atoms with van der Waals surface area (Å²) < 4.78 is 0. The standard InChI is InChI=1S/C28H33N2O2P/c1-23(31)30-20-17-24(18-21-30)28(32)29-19-22-33(25-11-5-2-6-12-25,26-13-7-3-8-14-26)27-15-9-4-10-16-27/h2-16,24,33H,17-22H2,1H3,(H,29,32). The number of hydrogen-bond donors (Lipinski definition) is 1. The van der Waals surface area contributed by atoms with Crippen LogP contribution in [0, 0.1) is 5.92 Å². The maximum absolute atomic E-state index is 13.0. The Labute approximate surface area is 197 Å². The van der Waals surface area contributed by atoms with E-state index in [1.54, 1.807) is 6.92 Å². The molecule has 3 aromatic carbocycles. The van der Waals surface area contributed by atoms with E-state index in [1.807, 2.05) is 4.90 Å². The topological polar surface area (TPSA) is 49.4 Å². The molecule has 1 aliphatic heterocycles. The van der Waals surface area contributed by atoms with Crippen molar-refractivity contribution in [2.45, 2.75) is 19.8 Å². The van der Waals surface area contributed by atoms with Gasteiger partial charge in [0, 0.05) is 0 Å². The van der Waals surface area contributed by atoms with Gasteiger partial charge in [0.15, 0.2) is 0 Å². The zero-order valence-electron chi connectivity index (χ0n) is 19.2. The van der Waals surface area contributed by atoms with Crippen molar-refractivity contribution in [1.82, 2.24) is 10.2 Å². The van der Waals surface area contributed by atoms with E-state index < -0.39 is 7.26 Å². The molecular formula is C28H33N2O2P. The average molecular weight is 461 g/mol. The van der Waals surface area contributed by atoms with E-state index in [0.717, 1.165) is 19.0 Å². The molecule has 3 aromatic rings. The van der Waals surface area contributed by atoms with Gasteiger partial charge in [0.2, 0.25) is 0 Å². The minimum absolute atomic E-state index is 0.0122. The first-order chi connectivity index (χ1) is 16.1. The summed E-state index contributed by atoms with van der Waals surface area (Å²) in [4.78, 5) is 26.4. The molecule has 1 saturated heterocycles. The number of carbonyl (C=O) groups is 2. The van der Waals surface area contributed by atoms with Gasteiger partial charge in [-0.15, -0.1) is 0 Å². The molecule has 0 radical (unpaired) electrons. The fourth-order valence-corrected chi connectivity index (χ4v) is 9.73. The van der Waals surface area contributed by atoms with Crippen molar-refractivity contribution in [3.63, 3.8) is 0 Å². The van der Waals surface area contributed by atoms with Gasteiger partial charge in [-0.3, -0.25) is 0 Å². The third-order valence-electron chi connectivity index (χ3n) is 6.91. The molecule has 2 amide bonds. The van der Waals surface area contributed by atoms with Crippen molar-refractivity contribution in [2.24, 2.45) is 5.92 Å². The molecule has 0 aliphatic carbocycles. The van der Waals surface area contributed by atoms with E-state index in [4.69, 9.17) is 0 Å². The van der Waals surface area contributed by atoms with Crippen molar-refractivity contribution in [3.05, 3.63) is 91.0 Å². The predicted octanol–water partition coefficient (Wildman–Crippen LogP) is 3.09. The monoisotopic (exact) mass is 460 g/mol. The van der Waals surface area contributed by atoms with Crippen LogP contribution in [-0.2, 0) is 9.59 Å². The Morgan fingerprint density at radius 1 is 0.788 bits per heavy atom. The molecular weight excluding hydrogens is 427 g/mol. The molecule has 0 aromatic heterocycles. The van der Waals surface area contributed by atoms with Gasteiger partial charge >= 0.3 is 197 Å². The second-order valence-electron chi connectivity index (χ2n) is 8.82. The summed E-state index contributed by atoms with van der Waals surface area (Å²) in [6.45, 7) is 3.58. The number of piperidine rings is 1. The molecule has 0 spiro atoms. The van der Waals surface area contributed by atoms with Crippen LogP contribution in [0.3, 0.4) is 0 Å². The normalized spacial score (nSPS) is 15.1. The van der Waals surface area contributed by atoms with E-state index in [9.17, 15) is 9.59 Å². The van der Waals surface area contributed by atoms with Crippen LogP contribution >= 0.6 is 7.26 Å². The second kappa shape index (κ2) is 10.8. The average Bonchev–Trinajstić information content (AvgIpc) is 2.88. The molecule has 33 heavy (non-hydrogen) atoms. The molecule has 4 nitrogen and oxygen atoms in total. The number of nitrogens with zero attached hydrogens (tertiary/aromatic N) is 1. The van der Waals surface area contributed by atoms with E-state index in [1.165, 1.54) is 15.9 Å². The number of amides is 2. The molecule has 1 heterocycles. The zero-order valence-corrected chi connectivity index (χ0v) is 20.2. The Kier molecular flexibility index (Phi) is 7.57. The first-order valence-corrected chi connectivity index (χ1v) is 14.0. The van der Waals surface area contributed by atoms with E-state index >= 15 is 0 Å². The number of carbonyl (C=O) groups excluding carboxylic acids is 2. The van der Waals surface area contributed by atoms with Crippen LogP contribution in [0.25, 0.3) is 0 Å². The van der Waals surface area contributed by atoms with Crippen molar-refractivity contribution in [1.29, 1.82) is 0 Å². The second-order valence-corrected chi connectivity index (χ2v) is 12.9. The summed E-state index contributed by atoms with van der Waals surface area (Å²) in [5.41, 5.74) is 0. The minimum atomic E-state index is -2.33. The van der Waals surface area contributed by atoms with Crippen LogP contribution in [0.15, 0.2) is 91.0 Å². The summed E-state index contributed by atoms with van der Waals surface area (Å²) in [5, 5.41) is 7.31.